The number of hydrogen-bond acceptors (Lipinski definition) is 6. The third-order valence-corrected chi connectivity index (χ3v) is 7.15. The first-order chi connectivity index (χ1) is 16.0. The minimum Gasteiger partial charge on any atom is -0.494 e. The number of rotatable bonds is 8. The zero-order valence-electron chi connectivity index (χ0n) is 19.3. The van der Waals surface area contributed by atoms with Gasteiger partial charge >= 0.3 is 5.69 Å². The molecule has 10 nitrogen and oxygen atoms in total. The summed E-state index contributed by atoms with van der Waals surface area (Å²) in [6, 6.07) is 11.5. The molecule has 0 atom stereocenters. The Morgan fingerprint density at radius 2 is 1.71 bits per heavy atom. The van der Waals surface area contributed by atoms with Crippen LogP contribution in [-0.4, -0.2) is 37.4 Å². The molecular weight excluding hydrogens is 460 g/mol. The summed E-state index contributed by atoms with van der Waals surface area (Å²) in [5, 5.41) is 2.73. The number of ether oxygens (including phenoxy) is 1. The molecule has 1 amide bonds. The van der Waals surface area contributed by atoms with Gasteiger partial charge in [0.05, 0.1) is 12.3 Å². The van der Waals surface area contributed by atoms with Crippen molar-refractivity contribution in [2.45, 2.75) is 32.6 Å². The van der Waals surface area contributed by atoms with Crippen LogP contribution in [0.1, 0.15) is 23.7 Å². The van der Waals surface area contributed by atoms with Gasteiger partial charge in [-0.3, -0.25) is 18.9 Å². The Labute approximate surface area is 196 Å². The average Bonchev–Trinajstić information content (AvgIpc) is 2.75. The van der Waals surface area contributed by atoms with Crippen LogP contribution in [0, 0.1) is 20.8 Å². The van der Waals surface area contributed by atoms with Gasteiger partial charge in [0.2, 0.25) is 5.91 Å². The van der Waals surface area contributed by atoms with Crippen LogP contribution in [0.5, 0.6) is 5.75 Å². The van der Waals surface area contributed by atoms with Crippen LogP contribution in [0.25, 0.3) is 0 Å². The highest BCUT2D eigenvalue weighted by atomic mass is 32.2. The first-order valence-corrected chi connectivity index (χ1v) is 11.9. The summed E-state index contributed by atoms with van der Waals surface area (Å²) in [7, 11) is -4.55. The molecule has 0 unspecified atom stereocenters. The number of carbonyl (C=O) groups excluding carboxylic acids is 1. The van der Waals surface area contributed by atoms with E-state index in [2.05, 4.69) is 10.3 Å². The maximum absolute atomic E-state index is 13.6. The van der Waals surface area contributed by atoms with Crippen molar-refractivity contribution in [2.24, 2.45) is 0 Å². The van der Waals surface area contributed by atoms with Gasteiger partial charge in [-0.2, -0.15) is 0 Å². The predicted molar refractivity (Wildman–Crippen MR) is 129 cm³/mol. The van der Waals surface area contributed by atoms with Crippen molar-refractivity contribution in [3.05, 3.63) is 80.1 Å². The van der Waals surface area contributed by atoms with Gasteiger partial charge in [-0.05, 0) is 69.2 Å². The van der Waals surface area contributed by atoms with E-state index >= 15 is 0 Å². The van der Waals surface area contributed by atoms with Gasteiger partial charge in [-0.25, -0.2) is 13.2 Å². The summed E-state index contributed by atoms with van der Waals surface area (Å²) >= 11 is 0. The van der Waals surface area contributed by atoms with E-state index in [1.165, 1.54) is 19.1 Å². The van der Waals surface area contributed by atoms with Crippen molar-refractivity contribution in [3.8, 4) is 5.75 Å². The molecule has 0 aliphatic rings. The molecule has 180 valence electrons. The number of carbonyl (C=O) groups is 1. The molecule has 0 aliphatic carbocycles. The molecule has 0 spiro atoms. The molecule has 0 bridgehead atoms. The second-order valence-corrected chi connectivity index (χ2v) is 9.40. The zero-order valence-corrected chi connectivity index (χ0v) is 20.1. The lowest BCUT2D eigenvalue weighted by Gasteiger charge is -2.24. The molecule has 0 aliphatic heterocycles. The molecule has 0 saturated carbocycles. The molecule has 1 aromatic heterocycles. The summed E-state index contributed by atoms with van der Waals surface area (Å²) < 4.78 is 33.4. The fourth-order valence-corrected chi connectivity index (χ4v) is 5.04. The Bertz CT molecular complexity index is 1430. The normalized spacial score (nSPS) is 11.2. The number of nitrogens with one attached hydrogen (secondary N) is 3. The molecule has 11 heteroatoms. The number of aromatic amines is 2. The summed E-state index contributed by atoms with van der Waals surface area (Å²) in [6.07, 6.45) is 0. The standard InChI is InChI=1S/C23H26N4O6S/c1-5-33-18-11-9-17(10-12-18)27(13-20(28)25-19-8-6-7-14(2)15(19)3)34(31,32)21-16(4)24-23(30)26-22(21)29/h6-12H,5,13H2,1-4H3,(H,25,28)(H2,24,26,29,30). The minimum atomic E-state index is -4.55. The topological polar surface area (TPSA) is 141 Å². The lowest BCUT2D eigenvalue weighted by Crippen LogP contribution is -2.42. The van der Waals surface area contributed by atoms with E-state index in [1.54, 1.807) is 24.3 Å². The van der Waals surface area contributed by atoms with E-state index in [9.17, 15) is 22.8 Å². The van der Waals surface area contributed by atoms with Crippen molar-refractivity contribution < 1.29 is 17.9 Å². The van der Waals surface area contributed by atoms with Crippen LogP contribution in [0.2, 0.25) is 0 Å². The van der Waals surface area contributed by atoms with E-state index in [-0.39, 0.29) is 11.4 Å². The van der Waals surface area contributed by atoms with E-state index in [0.717, 1.165) is 15.4 Å². The van der Waals surface area contributed by atoms with Gasteiger partial charge in [-0.1, -0.05) is 12.1 Å². The van der Waals surface area contributed by atoms with Gasteiger partial charge in [0.25, 0.3) is 15.6 Å². The van der Waals surface area contributed by atoms with Crippen LogP contribution < -0.4 is 25.6 Å². The average molecular weight is 487 g/mol. The third kappa shape index (κ3) is 5.20. The monoisotopic (exact) mass is 486 g/mol. The van der Waals surface area contributed by atoms with Crippen LogP contribution >= 0.6 is 0 Å². The number of aryl methyl sites for hydroxylation is 2. The van der Waals surface area contributed by atoms with Crippen molar-refractivity contribution in [1.82, 2.24) is 9.97 Å². The largest absolute Gasteiger partial charge is 0.494 e. The van der Waals surface area contributed by atoms with Gasteiger partial charge in [0.15, 0.2) is 4.90 Å². The predicted octanol–water partition coefficient (Wildman–Crippen LogP) is 2.22. The smallest absolute Gasteiger partial charge is 0.325 e. The van der Waals surface area contributed by atoms with Gasteiger partial charge in [-0.15, -0.1) is 0 Å². The SMILES string of the molecule is CCOc1ccc(N(CC(=O)Nc2cccc(C)c2C)S(=O)(=O)c2c(C)[nH]c(=O)[nH]c2=O)cc1. The number of sulfonamides is 1. The summed E-state index contributed by atoms with van der Waals surface area (Å²) in [4.78, 5) is 40.5. The number of aromatic nitrogens is 2. The van der Waals surface area contributed by atoms with Crippen LogP contribution in [-0.2, 0) is 14.8 Å². The van der Waals surface area contributed by atoms with Crippen molar-refractivity contribution in [3.63, 3.8) is 0 Å². The zero-order chi connectivity index (χ0) is 25.0. The molecular formula is C23H26N4O6S. The van der Waals surface area contributed by atoms with Crippen molar-refractivity contribution in [1.29, 1.82) is 0 Å². The number of H-pyrrole nitrogens is 2. The quantitative estimate of drug-likeness (QED) is 0.446. The van der Waals surface area contributed by atoms with Gasteiger partial charge in [0.1, 0.15) is 12.3 Å². The van der Waals surface area contributed by atoms with Crippen LogP contribution in [0.4, 0.5) is 11.4 Å². The first kappa shape index (κ1) is 24.8. The third-order valence-electron chi connectivity index (χ3n) is 5.22. The molecule has 3 N–H and O–H groups in total. The lowest BCUT2D eigenvalue weighted by atomic mass is 10.1. The van der Waals surface area contributed by atoms with Crippen LogP contribution in [0.3, 0.4) is 0 Å². The maximum Gasteiger partial charge on any atom is 0.325 e. The van der Waals surface area contributed by atoms with Gasteiger partial charge < -0.3 is 15.0 Å². The number of benzene rings is 2. The molecule has 1 heterocycles. The fourth-order valence-electron chi connectivity index (χ4n) is 3.41. The highest BCUT2D eigenvalue weighted by molar-refractivity contribution is 7.92. The Morgan fingerprint density at radius 3 is 2.32 bits per heavy atom. The lowest BCUT2D eigenvalue weighted by molar-refractivity contribution is -0.114. The Balaban J connectivity index is 2.05. The van der Waals surface area contributed by atoms with E-state index in [0.29, 0.717) is 18.0 Å². The highest BCUT2D eigenvalue weighted by Gasteiger charge is 2.32. The molecule has 34 heavy (non-hydrogen) atoms. The molecule has 3 aromatic rings. The second-order valence-electron chi connectivity index (χ2n) is 7.60. The molecule has 0 fully saturated rings. The molecule has 0 radical (unpaired) electrons. The summed E-state index contributed by atoms with van der Waals surface area (Å²) in [5.41, 5.74) is 0.452. The number of anilines is 2. The second kappa shape index (κ2) is 9.96. The Morgan fingerprint density at radius 1 is 1.03 bits per heavy atom. The maximum atomic E-state index is 13.6. The van der Waals surface area contributed by atoms with E-state index in [1.807, 2.05) is 31.8 Å². The van der Waals surface area contributed by atoms with Crippen LogP contribution in [0.15, 0.2) is 56.9 Å². The number of nitrogens with zero attached hydrogens (tertiary/aromatic N) is 1. The van der Waals surface area contributed by atoms with E-state index < -0.39 is 38.6 Å². The highest BCUT2D eigenvalue weighted by Crippen LogP contribution is 2.26. The Kier molecular flexibility index (Phi) is 7.26. The molecule has 0 saturated heterocycles. The molecule has 2 aromatic carbocycles. The van der Waals surface area contributed by atoms with Crippen molar-refractivity contribution >= 4 is 27.3 Å². The fraction of sp³-hybridized carbons (Fsp3) is 0.261. The molecule has 3 rings (SSSR count). The number of hydrogen-bond donors (Lipinski definition) is 3. The van der Waals surface area contributed by atoms with Gasteiger partial charge in [0, 0.05) is 11.4 Å². The number of amides is 1. The summed E-state index contributed by atoms with van der Waals surface area (Å²) in [6.45, 7) is 6.67. The first-order valence-electron chi connectivity index (χ1n) is 10.5. The Hall–Kier alpha value is -3.86. The van der Waals surface area contributed by atoms with Crippen molar-refractivity contribution in [2.75, 3.05) is 22.8 Å². The van der Waals surface area contributed by atoms with E-state index in [4.69, 9.17) is 4.74 Å². The summed E-state index contributed by atoms with van der Waals surface area (Å²) in [5.74, 6) is -0.0915. The minimum absolute atomic E-state index is 0.139.